The van der Waals surface area contributed by atoms with E-state index >= 15 is 0 Å². The molecule has 3 heteroatoms. The number of anilines is 1. The molecule has 0 aliphatic carbocycles. The molecule has 1 rings (SSSR count). The van der Waals surface area contributed by atoms with E-state index in [0.717, 1.165) is 30.9 Å². The molecular weight excluding hydrogens is 236 g/mol. The molecule has 0 atom stereocenters. The van der Waals surface area contributed by atoms with E-state index < -0.39 is 0 Å². The van der Waals surface area contributed by atoms with Crippen molar-refractivity contribution >= 4 is 5.69 Å². The number of hydrogen-bond donors (Lipinski definition) is 1. The summed E-state index contributed by atoms with van der Waals surface area (Å²) < 4.78 is 5.56. The van der Waals surface area contributed by atoms with Crippen molar-refractivity contribution in [3.05, 3.63) is 23.3 Å². The highest BCUT2D eigenvalue weighted by Crippen LogP contribution is 2.34. The van der Waals surface area contributed by atoms with Crippen LogP contribution in [-0.2, 0) is 0 Å². The molecule has 19 heavy (non-hydrogen) atoms. The summed E-state index contributed by atoms with van der Waals surface area (Å²) in [7, 11) is 3.86. The first-order valence-corrected chi connectivity index (χ1v) is 6.87. The molecule has 0 aromatic heterocycles. The number of ether oxygens (including phenoxy) is 1. The van der Waals surface area contributed by atoms with Crippen molar-refractivity contribution in [2.75, 3.05) is 32.1 Å². The summed E-state index contributed by atoms with van der Waals surface area (Å²) in [5.41, 5.74) is 9.49. The maximum absolute atomic E-state index is 5.69. The van der Waals surface area contributed by atoms with E-state index in [9.17, 15) is 0 Å². The fourth-order valence-electron chi connectivity index (χ4n) is 2.68. The summed E-state index contributed by atoms with van der Waals surface area (Å²) in [4.78, 5) is 2.27. The molecule has 3 nitrogen and oxygen atoms in total. The minimum atomic E-state index is 0.201. The van der Waals surface area contributed by atoms with Gasteiger partial charge >= 0.3 is 0 Å². The van der Waals surface area contributed by atoms with Gasteiger partial charge in [0.1, 0.15) is 5.75 Å². The lowest BCUT2D eigenvalue weighted by Crippen LogP contribution is -2.33. The molecule has 0 spiro atoms. The van der Waals surface area contributed by atoms with Crippen LogP contribution in [0.2, 0.25) is 0 Å². The quantitative estimate of drug-likeness (QED) is 0.858. The van der Waals surface area contributed by atoms with Crippen molar-refractivity contribution in [3.8, 4) is 5.75 Å². The highest BCUT2D eigenvalue weighted by Gasteiger charge is 2.21. The van der Waals surface area contributed by atoms with Crippen molar-refractivity contribution in [3.63, 3.8) is 0 Å². The Labute approximate surface area is 117 Å². The maximum atomic E-state index is 5.69. The standard InChI is InChI=1S/C16H28N2O/c1-12-9-13(2)15(19-6)14(10-12)18(5)11-16(3,4)7-8-17/h9-10H,7-8,11,17H2,1-6H3. The first-order valence-electron chi connectivity index (χ1n) is 6.87. The molecule has 0 saturated heterocycles. The zero-order chi connectivity index (χ0) is 14.6. The van der Waals surface area contributed by atoms with E-state index in [1.807, 2.05) is 0 Å². The second-order valence-electron chi connectivity index (χ2n) is 6.19. The largest absolute Gasteiger partial charge is 0.494 e. The first kappa shape index (κ1) is 15.8. The minimum Gasteiger partial charge on any atom is -0.494 e. The van der Waals surface area contributed by atoms with Crippen LogP contribution >= 0.6 is 0 Å². The summed E-state index contributed by atoms with van der Waals surface area (Å²) in [6.07, 6.45) is 1.02. The molecule has 1 aromatic rings. The molecule has 0 aliphatic rings. The third-order valence-corrected chi connectivity index (χ3v) is 3.50. The van der Waals surface area contributed by atoms with Crippen LogP contribution in [0, 0.1) is 19.3 Å². The van der Waals surface area contributed by atoms with E-state index in [1.165, 1.54) is 11.1 Å². The molecule has 2 N–H and O–H groups in total. The molecule has 0 heterocycles. The molecule has 0 aliphatic heterocycles. The molecule has 0 fully saturated rings. The number of hydrogen-bond acceptors (Lipinski definition) is 3. The Kier molecular flexibility index (Phi) is 5.24. The monoisotopic (exact) mass is 264 g/mol. The van der Waals surface area contributed by atoms with Gasteiger partial charge in [0.05, 0.1) is 12.8 Å². The van der Waals surface area contributed by atoms with Crippen molar-refractivity contribution in [1.29, 1.82) is 0 Å². The van der Waals surface area contributed by atoms with Crippen LogP contribution in [-0.4, -0.2) is 27.2 Å². The molecular formula is C16H28N2O. The van der Waals surface area contributed by atoms with Gasteiger partial charge in [-0.2, -0.15) is 0 Å². The zero-order valence-electron chi connectivity index (χ0n) is 13.2. The minimum absolute atomic E-state index is 0.201. The zero-order valence-corrected chi connectivity index (χ0v) is 13.2. The Balaban J connectivity index is 3.02. The summed E-state index contributed by atoms with van der Waals surface area (Å²) in [6, 6.07) is 4.34. The Morgan fingerprint density at radius 2 is 1.89 bits per heavy atom. The predicted molar refractivity (Wildman–Crippen MR) is 83.2 cm³/mol. The van der Waals surface area contributed by atoms with E-state index in [2.05, 4.69) is 51.8 Å². The van der Waals surface area contributed by atoms with Crippen molar-refractivity contribution < 1.29 is 4.74 Å². The number of aryl methyl sites for hydroxylation is 2. The van der Waals surface area contributed by atoms with Gasteiger partial charge in [-0.25, -0.2) is 0 Å². The van der Waals surface area contributed by atoms with Crippen LogP contribution in [0.15, 0.2) is 12.1 Å². The Morgan fingerprint density at radius 1 is 1.26 bits per heavy atom. The van der Waals surface area contributed by atoms with Gasteiger partial charge in [-0.15, -0.1) is 0 Å². The smallest absolute Gasteiger partial charge is 0.145 e. The van der Waals surface area contributed by atoms with Gasteiger partial charge in [0.15, 0.2) is 0 Å². The van der Waals surface area contributed by atoms with E-state index in [1.54, 1.807) is 7.11 Å². The van der Waals surface area contributed by atoms with Crippen LogP contribution in [0.1, 0.15) is 31.4 Å². The third-order valence-electron chi connectivity index (χ3n) is 3.50. The SMILES string of the molecule is COc1c(C)cc(C)cc1N(C)CC(C)(C)CCN. The Morgan fingerprint density at radius 3 is 2.42 bits per heavy atom. The molecule has 108 valence electrons. The van der Waals surface area contributed by atoms with Crippen LogP contribution in [0.4, 0.5) is 5.69 Å². The Bertz CT molecular complexity index is 427. The third kappa shape index (κ3) is 4.13. The van der Waals surface area contributed by atoms with Crippen molar-refractivity contribution in [2.24, 2.45) is 11.1 Å². The highest BCUT2D eigenvalue weighted by molar-refractivity contribution is 5.63. The lowest BCUT2D eigenvalue weighted by Gasteiger charge is -2.32. The lowest BCUT2D eigenvalue weighted by molar-refractivity contribution is 0.345. The van der Waals surface area contributed by atoms with Crippen LogP contribution in [0.25, 0.3) is 0 Å². The number of benzene rings is 1. The van der Waals surface area contributed by atoms with E-state index in [-0.39, 0.29) is 5.41 Å². The maximum Gasteiger partial charge on any atom is 0.145 e. The van der Waals surface area contributed by atoms with E-state index in [0.29, 0.717) is 0 Å². The average Bonchev–Trinajstić information content (AvgIpc) is 2.27. The lowest BCUT2D eigenvalue weighted by atomic mass is 9.88. The van der Waals surface area contributed by atoms with Crippen LogP contribution in [0.3, 0.4) is 0 Å². The summed E-state index contributed by atoms with van der Waals surface area (Å²) in [6.45, 7) is 10.4. The van der Waals surface area contributed by atoms with Gasteiger partial charge in [-0.3, -0.25) is 0 Å². The second-order valence-corrected chi connectivity index (χ2v) is 6.19. The second kappa shape index (κ2) is 6.29. The normalized spacial score (nSPS) is 11.5. The van der Waals surface area contributed by atoms with Gasteiger partial charge in [0, 0.05) is 13.6 Å². The summed E-state index contributed by atoms with van der Waals surface area (Å²) in [5, 5.41) is 0. The number of nitrogens with zero attached hydrogens (tertiary/aromatic N) is 1. The number of nitrogens with two attached hydrogens (primary N) is 1. The number of rotatable bonds is 6. The first-order chi connectivity index (χ1) is 8.80. The van der Waals surface area contributed by atoms with Crippen molar-refractivity contribution in [2.45, 2.75) is 34.1 Å². The van der Waals surface area contributed by atoms with Gasteiger partial charge in [-0.05, 0) is 49.4 Å². The topological polar surface area (TPSA) is 38.5 Å². The average molecular weight is 264 g/mol. The molecule has 1 aromatic carbocycles. The van der Waals surface area contributed by atoms with Gasteiger partial charge in [0.25, 0.3) is 0 Å². The van der Waals surface area contributed by atoms with Crippen molar-refractivity contribution in [1.82, 2.24) is 0 Å². The fraction of sp³-hybridized carbons (Fsp3) is 0.625. The predicted octanol–water partition coefficient (Wildman–Crippen LogP) is 3.12. The molecule has 0 amide bonds. The van der Waals surface area contributed by atoms with E-state index in [4.69, 9.17) is 10.5 Å². The van der Waals surface area contributed by atoms with Crippen LogP contribution in [0.5, 0.6) is 5.75 Å². The highest BCUT2D eigenvalue weighted by atomic mass is 16.5. The van der Waals surface area contributed by atoms with Gasteiger partial charge in [-0.1, -0.05) is 19.9 Å². The summed E-state index contributed by atoms with van der Waals surface area (Å²) >= 11 is 0. The molecule has 0 unspecified atom stereocenters. The Hall–Kier alpha value is -1.22. The fourth-order valence-corrected chi connectivity index (χ4v) is 2.68. The number of methoxy groups -OCH3 is 1. The van der Waals surface area contributed by atoms with Gasteiger partial charge < -0.3 is 15.4 Å². The summed E-state index contributed by atoms with van der Waals surface area (Å²) in [5.74, 6) is 0.969. The molecule has 0 radical (unpaired) electrons. The molecule has 0 bridgehead atoms. The molecule has 0 saturated carbocycles. The van der Waals surface area contributed by atoms with Gasteiger partial charge in [0.2, 0.25) is 0 Å². The van der Waals surface area contributed by atoms with Crippen LogP contribution < -0.4 is 15.4 Å².